The van der Waals surface area contributed by atoms with Crippen LogP contribution in [0.4, 0.5) is 0 Å². The van der Waals surface area contributed by atoms with Gasteiger partial charge in [0, 0.05) is 5.56 Å². The normalized spacial score (nSPS) is 11.0. The fourth-order valence-corrected chi connectivity index (χ4v) is 4.08. The van der Waals surface area contributed by atoms with Gasteiger partial charge in [-0.1, -0.05) is 78.1 Å². The van der Waals surface area contributed by atoms with Gasteiger partial charge in [0.25, 0.3) is 0 Å². The van der Waals surface area contributed by atoms with E-state index in [2.05, 4.69) is 29.3 Å². The summed E-state index contributed by atoms with van der Waals surface area (Å²) in [5, 5.41) is 12.8. The van der Waals surface area contributed by atoms with Crippen LogP contribution in [0.1, 0.15) is 101 Å². The highest BCUT2D eigenvalue weighted by molar-refractivity contribution is 5.91. The molecule has 3 rings (SSSR count). The Morgan fingerprint density at radius 1 is 0.730 bits per heavy atom. The number of aryl methyl sites for hydroxylation is 1. The predicted molar refractivity (Wildman–Crippen MR) is 147 cm³/mol. The second kappa shape index (κ2) is 16.5. The molecule has 0 fully saturated rings. The van der Waals surface area contributed by atoms with E-state index < -0.39 is 5.97 Å². The third-order valence-electron chi connectivity index (χ3n) is 6.34. The predicted octanol–water partition coefficient (Wildman–Crippen LogP) is 7.66. The standard InChI is InChI=1S/C30H42N4O3/c1-3-5-7-9-11-13-23-34-32-29(31-33-34)25-15-21-28(22-16-25)37-30(35)26-17-19-27(20-18-26)36-24-14-12-10-8-6-4-2/h15-22H,3-14,23-24H2,1-2H3. The third-order valence-corrected chi connectivity index (χ3v) is 6.34. The first-order valence-corrected chi connectivity index (χ1v) is 14.0. The molecule has 7 heteroatoms. The fourth-order valence-electron chi connectivity index (χ4n) is 4.08. The summed E-state index contributed by atoms with van der Waals surface area (Å²) in [5.74, 6) is 1.40. The molecule has 0 atom stereocenters. The molecule has 0 saturated carbocycles. The number of carbonyl (C=O) groups is 1. The Kier molecular flexibility index (Phi) is 12.7. The molecule has 0 aliphatic carbocycles. The van der Waals surface area contributed by atoms with E-state index in [4.69, 9.17) is 9.47 Å². The summed E-state index contributed by atoms with van der Waals surface area (Å²) in [6.45, 7) is 5.92. The second-order valence-corrected chi connectivity index (χ2v) is 9.53. The van der Waals surface area contributed by atoms with E-state index in [1.807, 2.05) is 24.3 Å². The molecule has 7 nitrogen and oxygen atoms in total. The molecule has 37 heavy (non-hydrogen) atoms. The Morgan fingerprint density at radius 3 is 2.00 bits per heavy atom. The number of carbonyl (C=O) groups excluding carboxylic acids is 1. The lowest BCUT2D eigenvalue weighted by Crippen LogP contribution is -2.08. The van der Waals surface area contributed by atoms with Gasteiger partial charge in [-0.15, -0.1) is 10.2 Å². The number of hydrogen-bond acceptors (Lipinski definition) is 6. The van der Waals surface area contributed by atoms with E-state index in [9.17, 15) is 4.79 Å². The van der Waals surface area contributed by atoms with Gasteiger partial charge in [-0.3, -0.25) is 0 Å². The van der Waals surface area contributed by atoms with Gasteiger partial charge < -0.3 is 9.47 Å². The third kappa shape index (κ3) is 10.3. The maximum Gasteiger partial charge on any atom is 0.343 e. The van der Waals surface area contributed by atoms with E-state index in [1.54, 1.807) is 29.1 Å². The molecule has 0 N–H and O–H groups in total. The molecule has 0 unspecified atom stereocenters. The van der Waals surface area contributed by atoms with Crippen LogP contribution < -0.4 is 9.47 Å². The Morgan fingerprint density at radius 2 is 1.32 bits per heavy atom. The highest BCUT2D eigenvalue weighted by Gasteiger charge is 2.11. The number of aromatic nitrogens is 4. The number of rotatable bonds is 18. The number of unbranched alkanes of at least 4 members (excludes halogenated alkanes) is 10. The summed E-state index contributed by atoms with van der Waals surface area (Å²) in [5.41, 5.74) is 1.32. The smallest absolute Gasteiger partial charge is 0.343 e. The van der Waals surface area contributed by atoms with Crippen LogP contribution in [0.25, 0.3) is 11.4 Å². The molecule has 0 aliphatic rings. The van der Waals surface area contributed by atoms with Crippen molar-refractivity contribution in [3.05, 3.63) is 54.1 Å². The summed E-state index contributed by atoms with van der Waals surface area (Å²) in [7, 11) is 0. The fraction of sp³-hybridized carbons (Fsp3) is 0.533. The Balaban J connectivity index is 1.40. The number of nitrogens with zero attached hydrogens (tertiary/aromatic N) is 4. The van der Waals surface area contributed by atoms with Gasteiger partial charge in [-0.2, -0.15) is 4.80 Å². The summed E-state index contributed by atoms with van der Waals surface area (Å²) in [6, 6.07) is 14.3. The molecule has 0 aliphatic heterocycles. The zero-order chi connectivity index (χ0) is 26.1. The molecule has 200 valence electrons. The van der Waals surface area contributed by atoms with Crippen molar-refractivity contribution in [1.29, 1.82) is 0 Å². The summed E-state index contributed by atoms with van der Waals surface area (Å²) >= 11 is 0. The lowest BCUT2D eigenvalue weighted by atomic mass is 10.1. The van der Waals surface area contributed by atoms with Gasteiger partial charge in [0.2, 0.25) is 5.82 Å². The topological polar surface area (TPSA) is 79.1 Å². The number of hydrogen-bond donors (Lipinski definition) is 0. The number of ether oxygens (including phenoxy) is 2. The Hall–Kier alpha value is -3.22. The highest BCUT2D eigenvalue weighted by atomic mass is 16.5. The lowest BCUT2D eigenvalue weighted by Gasteiger charge is -2.08. The average Bonchev–Trinajstić information content (AvgIpc) is 3.40. The summed E-state index contributed by atoms with van der Waals surface area (Å²) in [4.78, 5) is 14.2. The first-order chi connectivity index (χ1) is 18.2. The van der Waals surface area contributed by atoms with Crippen LogP contribution in [0.5, 0.6) is 11.5 Å². The summed E-state index contributed by atoms with van der Waals surface area (Å²) in [6.07, 6.45) is 14.7. The van der Waals surface area contributed by atoms with Gasteiger partial charge in [0.05, 0.1) is 18.7 Å². The van der Waals surface area contributed by atoms with Gasteiger partial charge in [0.1, 0.15) is 11.5 Å². The van der Waals surface area contributed by atoms with Crippen LogP contribution >= 0.6 is 0 Å². The molecule has 1 heterocycles. The van der Waals surface area contributed by atoms with Gasteiger partial charge in [-0.25, -0.2) is 4.79 Å². The van der Waals surface area contributed by atoms with E-state index in [1.165, 1.54) is 64.2 Å². The molecule has 1 aromatic heterocycles. The molecule has 0 radical (unpaired) electrons. The maximum absolute atomic E-state index is 12.6. The SMILES string of the molecule is CCCCCCCCOc1ccc(C(=O)Oc2ccc(-c3nnn(CCCCCCCC)n3)cc2)cc1. The van der Waals surface area contributed by atoms with Crippen molar-refractivity contribution >= 4 is 5.97 Å². The first-order valence-electron chi connectivity index (χ1n) is 14.0. The molecular formula is C30H42N4O3. The van der Waals surface area contributed by atoms with E-state index in [-0.39, 0.29) is 0 Å². The van der Waals surface area contributed by atoms with Gasteiger partial charge in [0.15, 0.2) is 0 Å². The Bertz CT molecular complexity index is 1030. The van der Waals surface area contributed by atoms with Crippen molar-refractivity contribution in [2.24, 2.45) is 0 Å². The first kappa shape index (κ1) is 28.4. The van der Waals surface area contributed by atoms with Crippen LogP contribution in [0.2, 0.25) is 0 Å². The molecule has 0 spiro atoms. The van der Waals surface area contributed by atoms with Gasteiger partial charge >= 0.3 is 5.97 Å². The molecular weight excluding hydrogens is 464 g/mol. The van der Waals surface area contributed by atoms with Crippen molar-refractivity contribution in [1.82, 2.24) is 20.2 Å². The molecule has 0 amide bonds. The van der Waals surface area contributed by atoms with Crippen LogP contribution in [0.15, 0.2) is 48.5 Å². The second-order valence-electron chi connectivity index (χ2n) is 9.53. The van der Waals surface area contributed by atoms with Crippen LogP contribution in [-0.2, 0) is 6.54 Å². The van der Waals surface area contributed by atoms with Crippen LogP contribution in [0, 0.1) is 0 Å². The Labute approximate surface area is 221 Å². The van der Waals surface area contributed by atoms with E-state index in [0.717, 1.165) is 30.7 Å². The number of tetrazole rings is 1. The quantitative estimate of drug-likeness (QED) is 0.100. The highest BCUT2D eigenvalue weighted by Crippen LogP contribution is 2.21. The zero-order valence-corrected chi connectivity index (χ0v) is 22.5. The van der Waals surface area contributed by atoms with Crippen LogP contribution in [-0.4, -0.2) is 32.8 Å². The van der Waals surface area contributed by atoms with Crippen molar-refractivity contribution in [3.63, 3.8) is 0 Å². The van der Waals surface area contributed by atoms with Crippen molar-refractivity contribution in [3.8, 4) is 22.9 Å². The monoisotopic (exact) mass is 506 g/mol. The minimum atomic E-state index is -0.404. The van der Waals surface area contributed by atoms with Gasteiger partial charge in [-0.05, 0) is 66.6 Å². The van der Waals surface area contributed by atoms with Crippen molar-refractivity contribution in [2.45, 2.75) is 97.4 Å². The minimum absolute atomic E-state index is 0.404. The van der Waals surface area contributed by atoms with E-state index in [0.29, 0.717) is 23.7 Å². The van der Waals surface area contributed by atoms with Crippen LogP contribution in [0.3, 0.4) is 0 Å². The molecule has 0 saturated heterocycles. The number of benzene rings is 2. The molecule has 3 aromatic rings. The minimum Gasteiger partial charge on any atom is -0.494 e. The maximum atomic E-state index is 12.6. The van der Waals surface area contributed by atoms with E-state index >= 15 is 0 Å². The lowest BCUT2D eigenvalue weighted by molar-refractivity contribution is 0.0734. The zero-order valence-electron chi connectivity index (χ0n) is 22.5. The largest absolute Gasteiger partial charge is 0.494 e. The molecule has 0 bridgehead atoms. The van der Waals surface area contributed by atoms with Crippen molar-refractivity contribution < 1.29 is 14.3 Å². The average molecular weight is 507 g/mol. The number of esters is 1. The van der Waals surface area contributed by atoms with Crippen molar-refractivity contribution in [2.75, 3.05) is 6.61 Å². The molecule has 2 aromatic carbocycles. The summed E-state index contributed by atoms with van der Waals surface area (Å²) < 4.78 is 11.3.